The van der Waals surface area contributed by atoms with E-state index in [0.717, 1.165) is 10.7 Å². The van der Waals surface area contributed by atoms with Gasteiger partial charge in [0, 0.05) is 31.8 Å². The Morgan fingerprint density at radius 3 is 2.41 bits per heavy atom. The number of hydrogen-bond acceptors (Lipinski definition) is 4. The van der Waals surface area contributed by atoms with E-state index >= 15 is 0 Å². The summed E-state index contributed by atoms with van der Waals surface area (Å²) in [5.74, 6) is -0.138. The van der Waals surface area contributed by atoms with Crippen molar-refractivity contribution in [3.8, 4) is 11.5 Å². The molecule has 1 heterocycles. The van der Waals surface area contributed by atoms with Crippen molar-refractivity contribution in [1.29, 1.82) is 0 Å². The third kappa shape index (κ3) is 4.28. The minimum atomic E-state index is -4.47. The van der Waals surface area contributed by atoms with Crippen molar-refractivity contribution in [3.05, 3.63) is 41.2 Å². The van der Waals surface area contributed by atoms with E-state index in [1.165, 1.54) is 25.2 Å². The molecule has 0 saturated heterocycles. The first-order valence-electron chi connectivity index (χ1n) is 6.09. The first kappa shape index (κ1) is 18.1. The Morgan fingerprint density at radius 1 is 1.18 bits per heavy atom. The van der Waals surface area contributed by atoms with E-state index in [4.69, 9.17) is 5.11 Å². The zero-order valence-electron chi connectivity index (χ0n) is 11.6. The Balaban J connectivity index is 0.00000242. The topological polar surface area (TPSA) is 70.3 Å². The molecule has 0 unspecified atom stereocenters. The molecule has 22 heavy (non-hydrogen) atoms. The number of aromatic nitrogens is 2. The number of phenolic OH excluding ortho intramolecular Hbond substituents is 2. The number of halogens is 4. The van der Waals surface area contributed by atoms with Crippen LogP contribution in [0.25, 0.3) is 0 Å². The second-order valence-corrected chi connectivity index (χ2v) is 4.56. The van der Waals surface area contributed by atoms with Crippen molar-refractivity contribution in [2.75, 3.05) is 0 Å². The van der Waals surface area contributed by atoms with Crippen LogP contribution in [0.4, 0.5) is 13.2 Å². The van der Waals surface area contributed by atoms with Gasteiger partial charge in [-0.3, -0.25) is 4.68 Å². The number of aromatic hydroxyl groups is 2. The van der Waals surface area contributed by atoms with Crippen LogP contribution in [0.5, 0.6) is 11.5 Å². The van der Waals surface area contributed by atoms with E-state index in [2.05, 4.69) is 10.4 Å². The number of nitrogens with zero attached hydrogens (tertiary/aromatic N) is 2. The summed E-state index contributed by atoms with van der Waals surface area (Å²) in [6.07, 6.45) is -4.47. The zero-order valence-corrected chi connectivity index (χ0v) is 12.4. The van der Waals surface area contributed by atoms with Gasteiger partial charge in [0.25, 0.3) is 0 Å². The first-order valence-corrected chi connectivity index (χ1v) is 6.09. The van der Waals surface area contributed by atoms with Crippen LogP contribution in [0.1, 0.15) is 17.0 Å². The normalized spacial score (nSPS) is 11.3. The first-order chi connectivity index (χ1) is 9.77. The highest BCUT2D eigenvalue weighted by atomic mass is 35.5. The smallest absolute Gasteiger partial charge is 0.435 e. The van der Waals surface area contributed by atoms with Gasteiger partial charge in [-0.15, -0.1) is 12.4 Å². The van der Waals surface area contributed by atoms with Crippen LogP contribution >= 0.6 is 12.4 Å². The molecule has 0 radical (unpaired) electrons. The van der Waals surface area contributed by atoms with Gasteiger partial charge in [0.15, 0.2) is 5.69 Å². The Bertz CT molecular complexity index is 644. The Labute approximate surface area is 130 Å². The Hall–Kier alpha value is -1.93. The largest absolute Gasteiger partial charge is 0.508 e. The van der Waals surface area contributed by atoms with Crippen molar-refractivity contribution in [3.63, 3.8) is 0 Å². The summed E-state index contributed by atoms with van der Waals surface area (Å²) in [5.41, 5.74) is -0.0270. The third-order valence-electron chi connectivity index (χ3n) is 2.96. The number of aryl methyl sites for hydroxylation is 1. The molecule has 0 spiro atoms. The highest BCUT2D eigenvalue weighted by molar-refractivity contribution is 5.85. The van der Waals surface area contributed by atoms with Crippen molar-refractivity contribution in [1.82, 2.24) is 15.1 Å². The SMILES string of the molecule is Cl.Cn1nc(C(F)(F)F)cc1CNCc1ccc(O)cc1O. The number of alkyl halides is 3. The van der Waals surface area contributed by atoms with E-state index in [0.29, 0.717) is 11.3 Å². The van der Waals surface area contributed by atoms with Crippen LogP contribution in [0.2, 0.25) is 0 Å². The minimum Gasteiger partial charge on any atom is -0.508 e. The van der Waals surface area contributed by atoms with Crippen LogP contribution in [-0.4, -0.2) is 20.0 Å². The predicted molar refractivity (Wildman–Crippen MR) is 75.8 cm³/mol. The van der Waals surface area contributed by atoms with Crippen LogP contribution in [-0.2, 0) is 26.3 Å². The summed E-state index contributed by atoms with van der Waals surface area (Å²) in [7, 11) is 1.43. The van der Waals surface area contributed by atoms with Crippen molar-refractivity contribution < 1.29 is 23.4 Å². The Morgan fingerprint density at radius 2 is 1.86 bits per heavy atom. The number of hydrogen-bond donors (Lipinski definition) is 3. The number of rotatable bonds is 4. The maximum atomic E-state index is 12.5. The van der Waals surface area contributed by atoms with Gasteiger partial charge >= 0.3 is 6.18 Å². The molecule has 122 valence electrons. The predicted octanol–water partition coefficient (Wildman–Crippen LogP) is 2.56. The lowest BCUT2D eigenvalue weighted by Gasteiger charge is -2.07. The number of phenols is 2. The molecule has 2 rings (SSSR count). The van der Waals surface area contributed by atoms with Crippen LogP contribution < -0.4 is 5.32 Å². The molecule has 0 aliphatic carbocycles. The summed E-state index contributed by atoms with van der Waals surface area (Å²) in [6, 6.07) is 5.12. The van der Waals surface area contributed by atoms with E-state index in [1.54, 1.807) is 0 Å². The highest BCUT2D eigenvalue weighted by Gasteiger charge is 2.34. The lowest BCUT2D eigenvalue weighted by molar-refractivity contribution is -0.141. The highest BCUT2D eigenvalue weighted by Crippen LogP contribution is 2.28. The molecule has 0 amide bonds. The molecule has 1 aromatic heterocycles. The second-order valence-electron chi connectivity index (χ2n) is 4.56. The summed E-state index contributed by atoms with van der Waals surface area (Å²) >= 11 is 0. The third-order valence-corrected chi connectivity index (χ3v) is 2.96. The molecule has 5 nitrogen and oxygen atoms in total. The van der Waals surface area contributed by atoms with Gasteiger partial charge in [0.2, 0.25) is 0 Å². The summed E-state index contributed by atoms with van der Waals surface area (Å²) in [4.78, 5) is 0. The van der Waals surface area contributed by atoms with Crippen LogP contribution in [0, 0.1) is 0 Å². The lowest BCUT2D eigenvalue weighted by atomic mass is 10.2. The minimum absolute atomic E-state index is 0. The van der Waals surface area contributed by atoms with Crippen LogP contribution in [0.3, 0.4) is 0 Å². The monoisotopic (exact) mass is 337 g/mol. The Kier molecular flexibility index (Phi) is 5.67. The van der Waals surface area contributed by atoms with E-state index in [-0.39, 0.29) is 37.0 Å². The van der Waals surface area contributed by atoms with Gasteiger partial charge < -0.3 is 15.5 Å². The maximum Gasteiger partial charge on any atom is 0.435 e. The van der Waals surface area contributed by atoms with Gasteiger partial charge in [-0.2, -0.15) is 18.3 Å². The van der Waals surface area contributed by atoms with Gasteiger partial charge in [-0.05, 0) is 12.1 Å². The molecule has 0 saturated carbocycles. The molecule has 2 aromatic rings. The second kappa shape index (κ2) is 6.89. The van der Waals surface area contributed by atoms with Gasteiger partial charge in [0.05, 0.1) is 5.69 Å². The van der Waals surface area contributed by atoms with Crippen LogP contribution in [0.15, 0.2) is 24.3 Å². The molecule has 0 bridgehead atoms. The summed E-state index contributed by atoms with van der Waals surface area (Å²) in [6.45, 7) is 0.415. The molecule has 9 heteroatoms. The summed E-state index contributed by atoms with van der Waals surface area (Å²) in [5, 5.41) is 25.1. The van der Waals surface area contributed by atoms with Gasteiger partial charge in [-0.25, -0.2) is 0 Å². The molecule has 0 atom stereocenters. The molecule has 0 aliphatic rings. The van der Waals surface area contributed by atoms with Crippen molar-refractivity contribution in [2.24, 2.45) is 7.05 Å². The molecule has 1 aromatic carbocycles. The van der Waals surface area contributed by atoms with E-state index in [1.807, 2.05) is 0 Å². The molecular formula is C13H15ClF3N3O2. The standard InChI is InChI=1S/C13H14F3N3O2.ClH/c1-19-9(4-12(18-19)13(14,15)16)7-17-6-8-2-3-10(20)5-11(8)21;/h2-5,17,20-21H,6-7H2,1H3;1H. The number of nitrogens with one attached hydrogen (secondary N) is 1. The van der Waals surface area contributed by atoms with E-state index < -0.39 is 11.9 Å². The van der Waals surface area contributed by atoms with Gasteiger partial charge in [0.1, 0.15) is 11.5 Å². The molecular weight excluding hydrogens is 323 g/mol. The molecule has 0 fully saturated rings. The fraction of sp³-hybridized carbons (Fsp3) is 0.308. The van der Waals surface area contributed by atoms with Crippen molar-refractivity contribution >= 4 is 12.4 Å². The average molecular weight is 338 g/mol. The quantitative estimate of drug-likeness (QED) is 0.802. The molecule has 0 aliphatic heterocycles. The maximum absolute atomic E-state index is 12.5. The zero-order chi connectivity index (χ0) is 15.6. The average Bonchev–Trinajstić information content (AvgIpc) is 2.74. The van der Waals surface area contributed by atoms with E-state index in [9.17, 15) is 18.3 Å². The van der Waals surface area contributed by atoms with Crippen molar-refractivity contribution in [2.45, 2.75) is 19.3 Å². The van der Waals surface area contributed by atoms with Gasteiger partial charge in [-0.1, -0.05) is 6.07 Å². The lowest BCUT2D eigenvalue weighted by Crippen LogP contribution is -2.15. The summed E-state index contributed by atoms with van der Waals surface area (Å²) < 4.78 is 38.7. The number of benzene rings is 1. The fourth-order valence-corrected chi connectivity index (χ4v) is 1.84. The molecule has 3 N–H and O–H groups in total. The fourth-order valence-electron chi connectivity index (χ4n) is 1.84.